The molecular formula is C26H31N3O4. The van der Waals surface area contributed by atoms with Crippen molar-refractivity contribution in [1.82, 2.24) is 15.1 Å². The van der Waals surface area contributed by atoms with Crippen LogP contribution in [0.2, 0.25) is 0 Å². The third-order valence-electron chi connectivity index (χ3n) is 5.87. The maximum absolute atomic E-state index is 13.2. The molecule has 1 unspecified atom stereocenters. The zero-order valence-corrected chi connectivity index (χ0v) is 19.3. The molecule has 0 aromatic heterocycles. The highest BCUT2D eigenvalue weighted by atomic mass is 16.2. The second kappa shape index (κ2) is 11.4. The highest BCUT2D eigenvalue weighted by Gasteiger charge is 2.35. The van der Waals surface area contributed by atoms with Crippen LogP contribution in [0.5, 0.6) is 0 Å². The number of rotatable bonds is 11. The van der Waals surface area contributed by atoms with E-state index in [2.05, 4.69) is 5.32 Å². The van der Waals surface area contributed by atoms with Gasteiger partial charge in [0, 0.05) is 26.1 Å². The van der Waals surface area contributed by atoms with Gasteiger partial charge in [0.2, 0.25) is 11.8 Å². The molecule has 2 aromatic rings. The van der Waals surface area contributed by atoms with E-state index in [0.29, 0.717) is 43.5 Å². The highest BCUT2D eigenvalue weighted by Crippen LogP contribution is 2.23. The van der Waals surface area contributed by atoms with Gasteiger partial charge in [0.25, 0.3) is 11.8 Å². The van der Waals surface area contributed by atoms with Gasteiger partial charge < -0.3 is 10.2 Å². The van der Waals surface area contributed by atoms with Gasteiger partial charge in [0.15, 0.2) is 0 Å². The Balaban J connectivity index is 1.64. The summed E-state index contributed by atoms with van der Waals surface area (Å²) in [4.78, 5) is 53.7. The molecule has 174 valence electrons. The van der Waals surface area contributed by atoms with Crippen LogP contribution < -0.4 is 5.32 Å². The summed E-state index contributed by atoms with van der Waals surface area (Å²) in [6.45, 7) is 4.83. The molecule has 1 N–H and O–H groups in total. The number of hydrogen-bond acceptors (Lipinski definition) is 4. The number of benzene rings is 2. The van der Waals surface area contributed by atoms with Crippen LogP contribution in [0.25, 0.3) is 0 Å². The van der Waals surface area contributed by atoms with Crippen LogP contribution in [0.1, 0.15) is 59.4 Å². The van der Waals surface area contributed by atoms with E-state index in [1.807, 2.05) is 44.2 Å². The van der Waals surface area contributed by atoms with E-state index in [4.69, 9.17) is 0 Å². The summed E-state index contributed by atoms with van der Waals surface area (Å²) in [5, 5.41) is 2.82. The van der Waals surface area contributed by atoms with Crippen molar-refractivity contribution in [3.8, 4) is 0 Å². The van der Waals surface area contributed by atoms with Crippen molar-refractivity contribution in [2.24, 2.45) is 0 Å². The Morgan fingerprint density at radius 3 is 2.12 bits per heavy atom. The lowest BCUT2D eigenvalue weighted by Crippen LogP contribution is -2.50. The summed E-state index contributed by atoms with van der Waals surface area (Å²) in [7, 11) is 0. The fourth-order valence-corrected chi connectivity index (χ4v) is 4.16. The molecule has 0 bridgehead atoms. The topological polar surface area (TPSA) is 86.8 Å². The van der Waals surface area contributed by atoms with Gasteiger partial charge >= 0.3 is 0 Å². The normalized spacial score (nSPS) is 13.6. The lowest BCUT2D eigenvalue weighted by atomic mass is 10.1. The number of fused-ring (bicyclic) bond motifs is 1. The summed E-state index contributed by atoms with van der Waals surface area (Å²) < 4.78 is 0. The van der Waals surface area contributed by atoms with E-state index >= 15 is 0 Å². The lowest BCUT2D eigenvalue weighted by molar-refractivity contribution is -0.140. The highest BCUT2D eigenvalue weighted by molar-refractivity contribution is 6.21. The summed E-state index contributed by atoms with van der Waals surface area (Å²) in [6.07, 6.45) is 1.64. The first-order valence-corrected chi connectivity index (χ1v) is 11.5. The molecule has 2 aromatic carbocycles. The maximum Gasteiger partial charge on any atom is 0.261 e. The van der Waals surface area contributed by atoms with E-state index in [9.17, 15) is 19.2 Å². The summed E-state index contributed by atoms with van der Waals surface area (Å²) >= 11 is 0. The molecule has 1 aliphatic rings. The number of hydrogen-bond donors (Lipinski definition) is 1. The van der Waals surface area contributed by atoms with Crippen molar-refractivity contribution in [3.05, 3.63) is 71.3 Å². The SMILES string of the molecule is CCNC(=O)C(CC)N(CCc1ccccc1)C(=O)CCCN1C(=O)c2ccccc2C1=O. The van der Waals surface area contributed by atoms with Gasteiger partial charge in [-0.2, -0.15) is 0 Å². The fourth-order valence-electron chi connectivity index (χ4n) is 4.16. The number of carbonyl (C=O) groups excluding carboxylic acids is 4. The zero-order chi connectivity index (χ0) is 23.8. The number of nitrogens with one attached hydrogen (secondary N) is 1. The molecule has 0 saturated heterocycles. The molecule has 7 nitrogen and oxygen atoms in total. The van der Waals surface area contributed by atoms with E-state index < -0.39 is 6.04 Å². The van der Waals surface area contributed by atoms with E-state index in [1.165, 1.54) is 4.90 Å². The van der Waals surface area contributed by atoms with Crippen LogP contribution >= 0.6 is 0 Å². The third-order valence-corrected chi connectivity index (χ3v) is 5.87. The molecule has 33 heavy (non-hydrogen) atoms. The average molecular weight is 450 g/mol. The second-order valence-corrected chi connectivity index (χ2v) is 8.05. The largest absolute Gasteiger partial charge is 0.355 e. The summed E-state index contributed by atoms with van der Waals surface area (Å²) in [5.41, 5.74) is 1.90. The van der Waals surface area contributed by atoms with Crippen molar-refractivity contribution in [3.63, 3.8) is 0 Å². The Hall–Kier alpha value is -3.48. The molecule has 3 rings (SSSR count). The zero-order valence-electron chi connectivity index (χ0n) is 19.3. The van der Waals surface area contributed by atoms with Crippen LogP contribution in [-0.2, 0) is 16.0 Å². The van der Waals surface area contributed by atoms with Crippen molar-refractivity contribution in [1.29, 1.82) is 0 Å². The predicted octanol–water partition coefficient (Wildman–Crippen LogP) is 3.05. The van der Waals surface area contributed by atoms with E-state index in [0.717, 1.165) is 5.56 Å². The molecular weight excluding hydrogens is 418 g/mol. The van der Waals surface area contributed by atoms with Crippen molar-refractivity contribution in [2.75, 3.05) is 19.6 Å². The minimum absolute atomic E-state index is 0.151. The number of nitrogens with zero attached hydrogens (tertiary/aromatic N) is 2. The molecule has 1 heterocycles. The van der Waals surface area contributed by atoms with E-state index in [1.54, 1.807) is 29.2 Å². The Labute approximate surface area is 194 Å². The van der Waals surface area contributed by atoms with Gasteiger partial charge in [-0.1, -0.05) is 49.4 Å². The molecule has 0 radical (unpaired) electrons. The van der Waals surface area contributed by atoms with E-state index in [-0.39, 0.29) is 36.6 Å². The molecule has 1 atom stereocenters. The number of amides is 4. The molecule has 1 aliphatic heterocycles. The number of carbonyl (C=O) groups is 4. The van der Waals surface area contributed by atoms with Crippen LogP contribution in [0, 0.1) is 0 Å². The Morgan fingerprint density at radius 1 is 0.939 bits per heavy atom. The van der Waals surface area contributed by atoms with Crippen molar-refractivity contribution in [2.45, 2.75) is 45.6 Å². The van der Waals surface area contributed by atoms with Gasteiger partial charge in [-0.15, -0.1) is 0 Å². The lowest BCUT2D eigenvalue weighted by Gasteiger charge is -2.30. The first-order valence-electron chi connectivity index (χ1n) is 11.5. The van der Waals surface area contributed by atoms with Gasteiger partial charge in [0.05, 0.1) is 11.1 Å². The van der Waals surface area contributed by atoms with Gasteiger partial charge in [0.1, 0.15) is 6.04 Å². The molecule has 0 spiro atoms. The van der Waals surface area contributed by atoms with Gasteiger partial charge in [-0.05, 0) is 43.9 Å². The number of likely N-dealkylation sites (N-methyl/N-ethyl adjacent to an activating group) is 1. The molecule has 0 saturated carbocycles. The first kappa shape index (κ1) is 24.2. The first-order chi connectivity index (χ1) is 16.0. The second-order valence-electron chi connectivity index (χ2n) is 8.05. The molecule has 4 amide bonds. The maximum atomic E-state index is 13.2. The van der Waals surface area contributed by atoms with Crippen LogP contribution in [0.3, 0.4) is 0 Å². The summed E-state index contributed by atoms with van der Waals surface area (Å²) in [6, 6.07) is 16.0. The summed E-state index contributed by atoms with van der Waals surface area (Å²) in [5.74, 6) is -0.960. The smallest absolute Gasteiger partial charge is 0.261 e. The van der Waals surface area contributed by atoms with Crippen molar-refractivity contribution < 1.29 is 19.2 Å². The minimum Gasteiger partial charge on any atom is -0.355 e. The molecule has 0 fully saturated rings. The average Bonchev–Trinajstić information content (AvgIpc) is 3.07. The third kappa shape index (κ3) is 5.66. The Kier molecular flexibility index (Phi) is 8.35. The van der Waals surface area contributed by atoms with Crippen LogP contribution in [0.15, 0.2) is 54.6 Å². The minimum atomic E-state index is -0.555. The quantitative estimate of drug-likeness (QED) is 0.534. The molecule has 7 heteroatoms. The Bertz CT molecular complexity index is 971. The fraction of sp³-hybridized carbons (Fsp3) is 0.385. The van der Waals surface area contributed by atoms with Gasteiger partial charge in [-0.3, -0.25) is 24.1 Å². The van der Waals surface area contributed by atoms with Crippen LogP contribution in [-0.4, -0.2) is 59.1 Å². The number of imide groups is 1. The predicted molar refractivity (Wildman–Crippen MR) is 126 cm³/mol. The Morgan fingerprint density at radius 2 is 1.55 bits per heavy atom. The monoisotopic (exact) mass is 449 g/mol. The molecule has 0 aliphatic carbocycles. The van der Waals surface area contributed by atoms with Gasteiger partial charge in [-0.25, -0.2) is 0 Å². The van der Waals surface area contributed by atoms with Crippen LogP contribution in [0.4, 0.5) is 0 Å². The standard InChI is InChI=1S/C26H31N3O4/c1-3-22(24(31)27-4-2)28(18-16-19-11-6-5-7-12-19)23(30)15-10-17-29-25(32)20-13-8-9-14-21(20)26(29)33/h5-9,11-14,22H,3-4,10,15-18H2,1-2H3,(H,27,31). The van der Waals surface area contributed by atoms with Crippen molar-refractivity contribution >= 4 is 23.6 Å².